The number of nitrogens with zero attached hydrogens (tertiary/aromatic N) is 3. The molecule has 23 heavy (non-hydrogen) atoms. The number of nitriles is 1. The highest BCUT2D eigenvalue weighted by molar-refractivity contribution is 5.38. The molecule has 120 valence electrons. The van der Waals surface area contributed by atoms with Crippen LogP contribution in [0.3, 0.4) is 0 Å². The molecule has 0 aliphatic heterocycles. The Morgan fingerprint density at radius 1 is 1.22 bits per heavy atom. The summed E-state index contributed by atoms with van der Waals surface area (Å²) < 4.78 is 43.3. The second-order valence-corrected chi connectivity index (χ2v) is 4.72. The fourth-order valence-corrected chi connectivity index (χ4v) is 1.86. The number of halogens is 3. The first-order chi connectivity index (χ1) is 10.8. The molecule has 2 rings (SSSR count). The third-order valence-electron chi connectivity index (χ3n) is 3.09. The highest BCUT2D eigenvalue weighted by Crippen LogP contribution is 2.30. The van der Waals surface area contributed by atoms with Crippen molar-refractivity contribution in [3.05, 3.63) is 47.2 Å². The van der Waals surface area contributed by atoms with Crippen molar-refractivity contribution in [3.8, 4) is 11.9 Å². The lowest BCUT2D eigenvalue weighted by Crippen LogP contribution is -2.14. The zero-order valence-corrected chi connectivity index (χ0v) is 12.3. The Kier molecular flexibility index (Phi) is 4.69. The molecule has 0 aliphatic carbocycles. The van der Waals surface area contributed by atoms with E-state index in [0.29, 0.717) is 5.56 Å². The molecule has 1 N–H and O–H groups in total. The van der Waals surface area contributed by atoms with Crippen LogP contribution in [0.25, 0.3) is 0 Å². The molecule has 0 fully saturated rings. The number of hydrogen-bond donors (Lipinski definition) is 1. The minimum atomic E-state index is -4.59. The summed E-state index contributed by atoms with van der Waals surface area (Å²) in [5.74, 6) is -0.365. The Balaban J connectivity index is 2.26. The van der Waals surface area contributed by atoms with Crippen LogP contribution in [-0.2, 0) is 6.18 Å². The third-order valence-corrected chi connectivity index (χ3v) is 3.09. The van der Waals surface area contributed by atoms with Crippen molar-refractivity contribution in [1.29, 1.82) is 5.26 Å². The zero-order chi connectivity index (χ0) is 17.0. The zero-order valence-electron chi connectivity index (χ0n) is 12.3. The van der Waals surface area contributed by atoms with Crippen molar-refractivity contribution < 1.29 is 17.9 Å². The maximum Gasteiger partial charge on any atom is 0.433 e. The lowest BCUT2D eigenvalue weighted by atomic mass is 10.1. The van der Waals surface area contributed by atoms with Gasteiger partial charge >= 0.3 is 6.18 Å². The molecular formula is C15H13F3N4O. The molecule has 1 aromatic heterocycles. The number of rotatable bonds is 4. The highest BCUT2D eigenvalue weighted by atomic mass is 19.4. The first-order valence-electron chi connectivity index (χ1n) is 6.60. The monoisotopic (exact) mass is 322 g/mol. The van der Waals surface area contributed by atoms with Crippen LogP contribution in [-0.4, -0.2) is 17.1 Å². The molecule has 0 saturated heterocycles. The van der Waals surface area contributed by atoms with Gasteiger partial charge in [0.15, 0.2) is 5.69 Å². The topological polar surface area (TPSA) is 70.8 Å². The van der Waals surface area contributed by atoms with E-state index in [1.165, 1.54) is 7.11 Å². The van der Waals surface area contributed by atoms with E-state index in [4.69, 9.17) is 10.00 Å². The van der Waals surface area contributed by atoms with Crippen LogP contribution in [0, 0.1) is 11.3 Å². The van der Waals surface area contributed by atoms with E-state index in [9.17, 15) is 13.2 Å². The van der Waals surface area contributed by atoms with Crippen molar-refractivity contribution in [2.45, 2.75) is 19.1 Å². The van der Waals surface area contributed by atoms with Gasteiger partial charge in [0, 0.05) is 6.07 Å². The molecular weight excluding hydrogens is 309 g/mol. The van der Waals surface area contributed by atoms with Crippen molar-refractivity contribution in [3.63, 3.8) is 0 Å². The molecule has 1 heterocycles. The summed E-state index contributed by atoms with van der Waals surface area (Å²) in [4.78, 5) is 7.34. The molecule has 0 amide bonds. The van der Waals surface area contributed by atoms with Crippen LogP contribution >= 0.6 is 0 Å². The molecule has 1 unspecified atom stereocenters. The fraction of sp³-hybridized carbons (Fsp3) is 0.267. The minimum Gasteiger partial charge on any atom is -0.481 e. The molecule has 0 radical (unpaired) electrons. The first kappa shape index (κ1) is 16.5. The minimum absolute atomic E-state index is 0.179. The lowest BCUT2D eigenvalue weighted by molar-refractivity contribution is -0.141. The highest BCUT2D eigenvalue weighted by Gasteiger charge is 2.34. The quantitative estimate of drug-likeness (QED) is 0.932. The molecule has 0 aliphatic rings. The summed E-state index contributed by atoms with van der Waals surface area (Å²) in [6.45, 7) is 1.75. The van der Waals surface area contributed by atoms with Gasteiger partial charge in [-0.15, -0.1) is 0 Å². The van der Waals surface area contributed by atoms with E-state index in [2.05, 4.69) is 15.3 Å². The second kappa shape index (κ2) is 6.52. The summed E-state index contributed by atoms with van der Waals surface area (Å²) in [6, 6.07) is 9.05. The van der Waals surface area contributed by atoms with Gasteiger partial charge in [-0.25, -0.2) is 4.98 Å². The number of benzene rings is 1. The Hall–Kier alpha value is -2.82. The third kappa shape index (κ3) is 4.10. The fourth-order valence-electron chi connectivity index (χ4n) is 1.86. The van der Waals surface area contributed by atoms with Crippen LogP contribution in [0.4, 0.5) is 19.1 Å². The lowest BCUT2D eigenvalue weighted by Gasteiger charge is -2.16. The van der Waals surface area contributed by atoms with Crippen molar-refractivity contribution in [2.24, 2.45) is 0 Å². The molecule has 0 saturated carbocycles. The van der Waals surface area contributed by atoms with E-state index in [1.54, 1.807) is 31.2 Å². The number of anilines is 1. The maximum atomic E-state index is 12.8. The predicted molar refractivity (Wildman–Crippen MR) is 76.8 cm³/mol. The number of aromatic nitrogens is 2. The first-order valence-corrected chi connectivity index (χ1v) is 6.60. The van der Waals surface area contributed by atoms with Crippen molar-refractivity contribution >= 4 is 5.95 Å². The number of methoxy groups -OCH3 is 1. The molecule has 8 heteroatoms. The van der Waals surface area contributed by atoms with E-state index in [1.807, 2.05) is 6.07 Å². The van der Waals surface area contributed by atoms with Crippen LogP contribution in [0.1, 0.15) is 29.8 Å². The summed E-state index contributed by atoms with van der Waals surface area (Å²) in [7, 11) is 1.23. The van der Waals surface area contributed by atoms with Gasteiger partial charge in [0.1, 0.15) is 0 Å². The Morgan fingerprint density at radius 3 is 2.39 bits per heavy atom. The van der Waals surface area contributed by atoms with Crippen molar-refractivity contribution in [2.75, 3.05) is 12.4 Å². The number of ether oxygens (including phenoxy) is 1. The summed E-state index contributed by atoms with van der Waals surface area (Å²) in [5, 5.41) is 11.6. The SMILES string of the molecule is COc1cc(C(F)(F)F)nc(NC(C)c2ccc(C#N)cc2)n1. The van der Waals surface area contributed by atoms with E-state index in [0.717, 1.165) is 11.6 Å². The molecule has 2 aromatic rings. The number of alkyl halides is 3. The standard InChI is InChI=1S/C15H13F3N4O/c1-9(11-5-3-10(8-19)4-6-11)20-14-21-12(15(16,17)18)7-13(22-14)23-2/h3-7,9H,1-2H3,(H,20,21,22). The van der Waals surface area contributed by atoms with Gasteiger partial charge in [0.2, 0.25) is 11.8 Å². The van der Waals surface area contributed by atoms with Crippen LogP contribution < -0.4 is 10.1 Å². The van der Waals surface area contributed by atoms with Crippen molar-refractivity contribution in [1.82, 2.24) is 9.97 Å². The molecule has 1 aromatic carbocycles. The smallest absolute Gasteiger partial charge is 0.433 e. The van der Waals surface area contributed by atoms with Gasteiger partial charge in [-0.3, -0.25) is 0 Å². The average molecular weight is 322 g/mol. The van der Waals surface area contributed by atoms with Gasteiger partial charge in [0.05, 0.1) is 24.8 Å². The Labute approximate surface area is 130 Å². The summed E-state index contributed by atoms with van der Waals surface area (Å²) in [5.41, 5.74) is 0.195. The number of hydrogen-bond acceptors (Lipinski definition) is 5. The van der Waals surface area contributed by atoms with Crippen LogP contribution in [0.5, 0.6) is 5.88 Å². The molecule has 0 spiro atoms. The largest absolute Gasteiger partial charge is 0.481 e. The van der Waals surface area contributed by atoms with Crippen LogP contribution in [0.15, 0.2) is 30.3 Å². The number of nitrogens with one attached hydrogen (secondary N) is 1. The van der Waals surface area contributed by atoms with Gasteiger partial charge in [-0.1, -0.05) is 12.1 Å². The van der Waals surface area contributed by atoms with Gasteiger partial charge in [0.25, 0.3) is 0 Å². The predicted octanol–water partition coefficient (Wildman–Crippen LogP) is 3.55. The van der Waals surface area contributed by atoms with Gasteiger partial charge < -0.3 is 10.1 Å². The molecule has 5 nitrogen and oxygen atoms in total. The van der Waals surface area contributed by atoms with Gasteiger partial charge in [-0.2, -0.15) is 23.4 Å². The summed E-state index contributed by atoms with van der Waals surface area (Å²) >= 11 is 0. The van der Waals surface area contributed by atoms with E-state index < -0.39 is 11.9 Å². The maximum absolute atomic E-state index is 12.8. The molecule has 0 bridgehead atoms. The normalized spacial score (nSPS) is 12.3. The van der Waals surface area contributed by atoms with Crippen LogP contribution in [0.2, 0.25) is 0 Å². The average Bonchev–Trinajstić information content (AvgIpc) is 2.53. The Bertz CT molecular complexity index is 723. The Morgan fingerprint density at radius 2 is 1.87 bits per heavy atom. The summed E-state index contributed by atoms with van der Waals surface area (Å²) in [6.07, 6.45) is -4.59. The molecule has 1 atom stereocenters. The van der Waals surface area contributed by atoms with E-state index >= 15 is 0 Å². The second-order valence-electron chi connectivity index (χ2n) is 4.72. The van der Waals surface area contributed by atoms with E-state index in [-0.39, 0.29) is 17.9 Å². The van der Waals surface area contributed by atoms with Gasteiger partial charge in [-0.05, 0) is 24.6 Å².